The minimum atomic E-state index is -0.0852. The number of anilines is 1. The topological polar surface area (TPSA) is 64.7 Å². The molecule has 2 aliphatic carbocycles. The molecule has 0 unspecified atom stereocenters. The molecule has 0 radical (unpaired) electrons. The highest BCUT2D eigenvalue weighted by Crippen LogP contribution is 2.24. The minimum Gasteiger partial charge on any atom is -0.349 e. The number of rotatable bonds is 6. The molecule has 2 saturated carbocycles. The van der Waals surface area contributed by atoms with E-state index in [0.29, 0.717) is 17.8 Å². The van der Waals surface area contributed by atoms with E-state index in [0.717, 1.165) is 45.1 Å². The second kappa shape index (κ2) is 9.72. The summed E-state index contributed by atoms with van der Waals surface area (Å²) in [6, 6.07) is 8.35. The van der Waals surface area contributed by atoms with Gasteiger partial charge in [-0.1, -0.05) is 37.8 Å². The van der Waals surface area contributed by atoms with Gasteiger partial charge in [0.2, 0.25) is 5.91 Å². The van der Waals surface area contributed by atoms with Crippen LogP contribution >= 0.6 is 0 Å². The number of benzene rings is 1. The fraction of sp³-hybridized carbons (Fsp3) is 0.652. The van der Waals surface area contributed by atoms with E-state index in [4.69, 9.17) is 0 Å². The van der Waals surface area contributed by atoms with Crippen molar-refractivity contribution in [3.05, 3.63) is 29.8 Å². The second-order valence-electron chi connectivity index (χ2n) is 8.80. The molecule has 4 rings (SSSR count). The molecule has 2 N–H and O–H groups in total. The van der Waals surface area contributed by atoms with Crippen LogP contribution in [0.5, 0.6) is 0 Å². The van der Waals surface area contributed by atoms with Gasteiger partial charge in [0.05, 0.1) is 17.8 Å². The standard InChI is InChI=1S/C23H34N4O2/c28-22(17-26-13-15-27(16-14-26)19-9-3-4-10-19)25-21-12-6-5-11-20(21)23(29)24-18-7-1-2-8-18/h5-6,11-12,18-19H,1-4,7-10,13-17H2,(H,24,29)(H,25,28). The van der Waals surface area contributed by atoms with E-state index >= 15 is 0 Å². The summed E-state index contributed by atoms with van der Waals surface area (Å²) in [5.74, 6) is -0.126. The fourth-order valence-electron chi connectivity index (χ4n) is 5.07. The largest absolute Gasteiger partial charge is 0.349 e. The van der Waals surface area contributed by atoms with E-state index < -0.39 is 0 Å². The van der Waals surface area contributed by atoms with Gasteiger partial charge in [-0.3, -0.25) is 19.4 Å². The fourth-order valence-corrected chi connectivity index (χ4v) is 5.07. The van der Waals surface area contributed by atoms with Gasteiger partial charge < -0.3 is 10.6 Å². The van der Waals surface area contributed by atoms with Crippen molar-refractivity contribution in [2.45, 2.75) is 63.5 Å². The van der Waals surface area contributed by atoms with Gasteiger partial charge in [0.25, 0.3) is 5.91 Å². The van der Waals surface area contributed by atoms with Crippen LogP contribution in [0.25, 0.3) is 0 Å². The molecule has 1 heterocycles. The lowest BCUT2D eigenvalue weighted by atomic mass is 10.1. The van der Waals surface area contributed by atoms with Crippen LogP contribution in [0.2, 0.25) is 0 Å². The zero-order valence-electron chi connectivity index (χ0n) is 17.4. The highest BCUT2D eigenvalue weighted by atomic mass is 16.2. The van der Waals surface area contributed by atoms with E-state index in [1.54, 1.807) is 6.07 Å². The molecule has 1 aromatic carbocycles. The average Bonchev–Trinajstić information content (AvgIpc) is 3.43. The Balaban J connectivity index is 1.28. The second-order valence-corrected chi connectivity index (χ2v) is 8.80. The first kappa shape index (κ1) is 20.4. The summed E-state index contributed by atoms with van der Waals surface area (Å²) in [5.41, 5.74) is 1.16. The summed E-state index contributed by atoms with van der Waals surface area (Å²) in [6.07, 6.45) is 9.84. The van der Waals surface area contributed by atoms with E-state index in [9.17, 15) is 9.59 Å². The number of para-hydroxylation sites is 1. The van der Waals surface area contributed by atoms with Crippen molar-refractivity contribution in [3.63, 3.8) is 0 Å². The molecule has 1 aromatic rings. The summed E-state index contributed by atoms with van der Waals surface area (Å²) in [4.78, 5) is 30.1. The maximum Gasteiger partial charge on any atom is 0.253 e. The lowest BCUT2D eigenvalue weighted by Crippen LogP contribution is -2.51. The van der Waals surface area contributed by atoms with Gasteiger partial charge in [-0.25, -0.2) is 0 Å². The van der Waals surface area contributed by atoms with E-state index in [1.807, 2.05) is 18.2 Å². The smallest absolute Gasteiger partial charge is 0.253 e. The maximum absolute atomic E-state index is 12.7. The third-order valence-electron chi connectivity index (χ3n) is 6.75. The number of hydrogen-bond donors (Lipinski definition) is 2. The van der Waals surface area contributed by atoms with Crippen LogP contribution in [0, 0.1) is 0 Å². The molecule has 1 aliphatic heterocycles. The van der Waals surface area contributed by atoms with Crippen LogP contribution < -0.4 is 10.6 Å². The van der Waals surface area contributed by atoms with Gasteiger partial charge >= 0.3 is 0 Å². The molecule has 0 spiro atoms. The molecule has 0 bridgehead atoms. The minimum absolute atomic E-state index is 0.0413. The van der Waals surface area contributed by atoms with Crippen molar-refractivity contribution in [1.29, 1.82) is 0 Å². The van der Waals surface area contributed by atoms with E-state index in [2.05, 4.69) is 20.4 Å². The third kappa shape index (κ3) is 5.37. The molecule has 6 heteroatoms. The Kier molecular flexibility index (Phi) is 6.82. The summed E-state index contributed by atoms with van der Waals surface area (Å²) in [7, 11) is 0. The number of nitrogens with zero attached hydrogens (tertiary/aromatic N) is 2. The molecule has 0 atom stereocenters. The SMILES string of the molecule is O=C(CN1CCN(C2CCCC2)CC1)Nc1ccccc1C(=O)NC1CCCC1. The molecular weight excluding hydrogens is 364 g/mol. The van der Waals surface area contributed by atoms with Crippen molar-refractivity contribution < 1.29 is 9.59 Å². The molecule has 1 saturated heterocycles. The van der Waals surface area contributed by atoms with Gasteiger partial charge in [-0.2, -0.15) is 0 Å². The third-order valence-corrected chi connectivity index (χ3v) is 6.75. The Labute approximate surface area is 174 Å². The van der Waals surface area contributed by atoms with E-state index in [1.165, 1.54) is 38.5 Å². The number of nitrogens with one attached hydrogen (secondary N) is 2. The van der Waals surface area contributed by atoms with Crippen molar-refractivity contribution in [2.75, 3.05) is 38.0 Å². The summed E-state index contributed by atoms with van der Waals surface area (Å²) in [6.45, 7) is 4.37. The molecule has 3 aliphatic rings. The Morgan fingerprint density at radius 2 is 1.55 bits per heavy atom. The van der Waals surface area contributed by atoms with Crippen molar-refractivity contribution in [2.24, 2.45) is 0 Å². The quantitative estimate of drug-likeness (QED) is 0.773. The Morgan fingerprint density at radius 3 is 2.28 bits per heavy atom. The van der Waals surface area contributed by atoms with Crippen molar-refractivity contribution in [1.82, 2.24) is 15.1 Å². The zero-order valence-corrected chi connectivity index (χ0v) is 17.4. The molecule has 3 fully saturated rings. The molecule has 0 aromatic heterocycles. The first-order valence-electron chi connectivity index (χ1n) is 11.4. The number of carbonyl (C=O) groups excluding carboxylic acids is 2. The first-order valence-corrected chi connectivity index (χ1v) is 11.4. The van der Waals surface area contributed by atoms with Crippen molar-refractivity contribution in [3.8, 4) is 0 Å². The highest BCUT2D eigenvalue weighted by molar-refractivity contribution is 6.04. The van der Waals surface area contributed by atoms with Gasteiger partial charge in [-0.15, -0.1) is 0 Å². The Hall–Kier alpha value is -1.92. The number of carbonyl (C=O) groups is 2. The van der Waals surface area contributed by atoms with Crippen LogP contribution in [0.1, 0.15) is 61.7 Å². The van der Waals surface area contributed by atoms with Gasteiger partial charge in [-0.05, 0) is 37.8 Å². The lowest BCUT2D eigenvalue weighted by molar-refractivity contribution is -0.117. The van der Waals surface area contributed by atoms with Crippen molar-refractivity contribution >= 4 is 17.5 Å². The molecule has 158 valence electrons. The normalized spacial score (nSPS) is 22.1. The predicted octanol–water partition coefficient (Wildman–Crippen LogP) is 2.86. The van der Waals surface area contributed by atoms with Crippen LogP contribution in [0.3, 0.4) is 0 Å². The predicted molar refractivity (Wildman–Crippen MR) is 115 cm³/mol. The number of piperazine rings is 1. The van der Waals surface area contributed by atoms with Gasteiger partial charge in [0.1, 0.15) is 0 Å². The number of amides is 2. The van der Waals surface area contributed by atoms with Crippen LogP contribution in [0.4, 0.5) is 5.69 Å². The molecular formula is C23H34N4O2. The molecule has 6 nitrogen and oxygen atoms in total. The Morgan fingerprint density at radius 1 is 0.897 bits per heavy atom. The molecule has 29 heavy (non-hydrogen) atoms. The monoisotopic (exact) mass is 398 g/mol. The van der Waals surface area contributed by atoms with Gasteiger partial charge in [0, 0.05) is 38.3 Å². The van der Waals surface area contributed by atoms with Gasteiger partial charge in [0.15, 0.2) is 0 Å². The van der Waals surface area contributed by atoms with Crippen LogP contribution in [0.15, 0.2) is 24.3 Å². The molecule has 2 amide bonds. The zero-order chi connectivity index (χ0) is 20.1. The summed E-state index contributed by atoms with van der Waals surface area (Å²) in [5, 5.41) is 6.09. The highest BCUT2D eigenvalue weighted by Gasteiger charge is 2.27. The summed E-state index contributed by atoms with van der Waals surface area (Å²) < 4.78 is 0. The van der Waals surface area contributed by atoms with Crippen LogP contribution in [-0.4, -0.2) is 66.4 Å². The van der Waals surface area contributed by atoms with Crippen LogP contribution in [-0.2, 0) is 4.79 Å². The first-order chi connectivity index (χ1) is 14.2. The Bertz CT molecular complexity index is 703. The lowest BCUT2D eigenvalue weighted by Gasteiger charge is -2.37. The summed E-state index contributed by atoms with van der Waals surface area (Å²) >= 11 is 0. The van der Waals surface area contributed by atoms with E-state index in [-0.39, 0.29) is 17.9 Å². The number of hydrogen-bond acceptors (Lipinski definition) is 4. The average molecular weight is 399 g/mol. The maximum atomic E-state index is 12.7.